The maximum absolute atomic E-state index is 12.7. The minimum atomic E-state index is -0.997. The number of benzene rings is 2. The largest absolute Gasteiger partial charge is 0.478 e. The van der Waals surface area contributed by atoms with E-state index in [9.17, 15) is 14.4 Å². The van der Waals surface area contributed by atoms with Gasteiger partial charge in [-0.3, -0.25) is 14.5 Å². The molecule has 0 atom stereocenters. The highest BCUT2D eigenvalue weighted by Gasteiger charge is 2.35. The zero-order valence-corrected chi connectivity index (χ0v) is 16.8. The van der Waals surface area contributed by atoms with Crippen LogP contribution in [0.4, 0.5) is 4.79 Å². The van der Waals surface area contributed by atoms with E-state index in [2.05, 4.69) is 0 Å². The van der Waals surface area contributed by atoms with Crippen LogP contribution in [0.2, 0.25) is 0 Å². The van der Waals surface area contributed by atoms with Gasteiger partial charge in [0.2, 0.25) is 0 Å². The van der Waals surface area contributed by atoms with Crippen LogP contribution in [0.25, 0.3) is 17.4 Å². The highest BCUT2D eigenvalue weighted by Crippen LogP contribution is 2.34. The van der Waals surface area contributed by atoms with Crippen molar-refractivity contribution in [3.05, 3.63) is 88.0 Å². The van der Waals surface area contributed by atoms with E-state index in [1.807, 2.05) is 31.2 Å². The number of carbonyl (C=O) groups is 3. The number of carboxylic acid groups (broad SMARTS) is 1. The van der Waals surface area contributed by atoms with Crippen molar-refractivity contribution in [3.63, 3.8) is 0 Å². The molecule has 0 saturated carbocycles. The first kappa shape index (κ1) is 19.7. The summed E-state index contributed by atoms with van der Waals surface area (Å²) in [6.07, 6.45) is 1.55. The third-order valence-corrected chi connectivity index (χ3v) is 5.69. The Balaban J connectivity index is 1.53. The van der Waals surface area contributed by atoms with Crippen LogP contribution in [0.15, 0.2) is 70.0 Å². The fourth-order valence-electron chi connectivity index (χ4n) is 3.09. The smallest absolute Gasteiger partial charge is 0.335 e. The van der Waals surface area contributed by atoms with Crippen LogP contribution in [0.3, 0.4) is 0 Å². The first-order valence-electron chi connectivity index (χ1n) is 9.16. The number of furan rings is 1. The Morgan fingerprint density at radius 3 is 2.50 bits per heavy atom. The molecule has 2 amide bonds. The van der Waals surface area contributed by atoms with Crippen LogP contribution in [0.1, 0.15) is 27.2 Å². The number of rotatable bonds is 5. The summed E-state index contributed by atoms with van der Waals surface area (Å²) in [4.78, 5) is 37.6. The first-order chi connectivity index (χ1) is 14.4. The van der Waals surface area contributed by atoms with Crippen molar-refractivity contribution in [2.45, 2.75) is 13.5 Å². The van der Waals surface area contributed by atoms with Crippen LogP contribution in [0, 0.1) is 6.92 Å². The Morgan fingerprint density at radius 2 is 1.80 bits per heavy atom. The van der Waals surface area contributed by atoms with Gasteiger partial charge < -0.3 is 9.52 Å². The predicted molar refractivity (Wildman–Crippen MR) is 114 cm³/mol. The van der Waals surface area contributed by atoms with Gasteiger partial charge in [-0.1, -0.05) is 36.4 Å². The highest BCUT2D eigenvalue weighted by molar-refractivity contribution is 8.18. The number of carbonyl (C=O) groups excluding carboxylic acids is 2. The Labute approximate surface area is 176 Å². The average Bonchev–Trinajstić information content (AvgIpc) is 3.30. The van der Waals surface area contributed by atoms with E-state index in [0.29, 0.717) is 22.0 Å². The minimum Gasteiger partial charge on any atom is -0.478 e. The SMILES string of the molecule is Cc1ccccc1CN1C(=O)S/C(=C\c2ccc(-c3ccc(C(=O)O)cc3)o2)C1=O. The summed E-state index contributed by atoms with van der Waals surface area (Å²) in [5.41, 5.74) is 2.84. The molecule has 1 aliphatic rings. The Bertz CT molecular complexity index is 1180. The van der Waals surface area contributed by atoms with Crippen molar-refractivity contribution >= 4 is 35.0 Å². The van der Waals surface area contributed by atoms with Crippen molar-refractivity contribution in [1.29, 1.82) is 0 Å². The van der Waals surface area contributed by atoms with Crippen LogP contribution < -0.4 is 0 Å². The number of thioether (sulfide) groups is 1. The molecule has 150 valence electrons. The zero-order valence-electron chi connectivity index (χ0n) is 16.0. The number of amides is 2. The molecule has 1 aromatic heterocycles. The monoisotopic (exact) mass is 419 g/mol. The summed E-state index contributed by atoms with van der Waals surface area (Å²) in [5.74, 6) is -0.369. The second kappa shape index (κ2) is 8.04. The van der Waals surface area contributed by atoms with E-state index in [4.69, 9.17) is 9.52 Å². The molecule has 3 aromatic rings. The van der Waals surface area contributed by atoms with E-state index in [1.54, 1.807) is 30.3 Å². The molecule has 2 aromatic carbocycles. The molecule has 0 spiro atoms. The van der Waals surface area contributed by atoms with Gasteiger partial charge in [0.05, 0.1) is 17.0 Å². The molecule has 1 N–H and O–H groups in total. The van der Waals surface area contributed by atoms with Gasteiger partial charge in [0.25, 0.3) is 11.1 Å². The molecule has 0 radical (unpaired) electrons. The molecule has 30 heavy (non-hydrogen) atoms. The van der Waals surface area contributed by atoms with Gasteiger partial charge in [0.15, 0.2) is 0 Å². The second-order valence-electron chi connectivity index (χ2n) is 6.78. The molecular weight excluding hydrogens is 402 g/mol. The summed E-state index contributed by atoms with van der Waals surface area (Å²) < 4.78 is 5.77. The molecule has 1 aliphatic heterocycles. The maximum Gasteiger partial charge on any atom is 0.335 e. The summed E-state index contributed by atoms with van der Waals surface area (Å²) in [5, 5.41) is 8.67. The lowest BCUT2D eigenvalue weighted by Gasteiger charge is -2.14. The summed E-state index contributed by atoms with van der Waals surface area (Å²) in [6.45, 7) is 2.17. The molecule has 0 bridgehead atoms. The summed E-state index contributed by atoms with van der Waals surface area (Å²) >= 11 is 0.885. The lowest BCUT2D eigenvalue weighted by atomic mass is 10.1. The predicted octanol–water partition coefficient (Wildman–Crippen LogP) is 5.19. The maximum atomic E-state index is 12.7. The normalized spacial score (nSPS) is 15.2. The van der Waals surface area contributed by atoms with E-state index >= 15 is 0 Å². The van der Waals surface area contributed by atoms with Crippen LogP contribution in [-0.2, 0) is 11.3 Å². The van der Waals surface area contributed by atoms with Gasteiger partial charge >= 0.3 is 5.97 Å². The van der Waals surface area contributed by atoms with Crippen LogP contribution >= 0.6 is 11.8 Å². The fraction of sp³-hybridized carbons (Fsp3) is 0.0870. The van der Waals surface area contributed by atoms with Gasteiger partial charge in [-0.2, -0.15) is 0 Å². The van der Waals surface area contributed by atoms with Crippen molar-refractivity contribution in [2.75, 3.05) is 0 Å². The number of hydrogen-bond acceptors (Lipinski definition) is 5. The number of aryl methyl sites for hydroxylation is 1. The quantitative estimate of drug-likeness (QED) is 0.573. The highest BCUT2D eigenvalue weighted by atomic mass is 32.2. The minimum absolute atomic E-state index is 0.188. The van der Waals surface area contributed by atoms with Crippen LogP contribution in [0.5, 0.6) is 0 Å². The van der Waals surface area contributed by atoms with Gasteiger partial charge in [-0.05, 0) is 54.1 Å². The topological polar surface area (TPSA) is 87.8 Å². The molecule has 2 heterocycles. The molecule has 0 aliphatic carbocycles. The van der Waals surface area contributed by atoms with Crippen molar-refractivity contribution in [1.82, 2.24) is 4.90 Å². The zero-order chi connectivity index (χ0) is 21.3. The van der Waals surface area contributed by atoms with E-state index in [1.165, 1.54) is 17.0 Å². The van der Waals surface area contributed by atoms with Gasteiger partial charge in [-0.15, -0.1) is 0 Å². The van der Waals surface area contributed by atoms with E-state index < -0.39 is 5.97 Å². The molecule has 1 saturated heterocycles. The average molecular weight is 419 g/mol. The molecule has 4 rings (SSSR count). The van der Waals surface area contributed by atoms with Gasteiger partial charge in [-0.25, -0.2) is 4.79 Å². The molecule has 0 unspecified atom stereocenters. The number of hydrogen-bond donors (Lipinski definition) is 1. The standard InChI is InChI=1S/C23H17NO5S/c1-14-4-2-3-5-17(14)13-24-21(25)20(30-23(24)28)12-18-10-11-19(29-18)15-6-8-16(9-7-15)22(26)27/h2-12H,13H2,1H3,(H,26,27)/b20-12-. The first-order valence-corrected chi connectivity index (χ1v) is 9.97. The summed E-state index contributed by atoms with van der Waals surface area (Å²) in [7, 11) is 0. The number of carboxylic acids is 1. The lowest BCUT2D eigenvalue weighted by Crippen LogP contribution is -2.27. The third-order valence-electron chi connectivity index (χ3n) is 4.78. The van der Waals surface area contributed by atoms with Crippen molar-refractivity contribution in [2.24, 2.45) is 0 Å². The van der Waals surface area contributed by atoms with Gasteiger partial charge in [0.1, 0.15) is 11.5 Å². The fourth-order valence-corrected chi connectivity index (χ4v) is 3.90. The van der Waals surface area contributed by atoms with E-state index in [-0.39, 0.29) is 23.3 Å². The van der Waals surface area contributed by atoms with E-state index in [0.717, 1.165) is 22.9 Å². The van der Waals surface area contributed by atoms with Gasteiger partial charge in [0, 0.05) is 11.6 Å². The number of imide groups is 1. The summed E-state index contributed by atoms with van der Waals surface area (Å²) in [6, 6.07) is 17.4. The molecule has 1 fully saturated rings. The second-order valence-corrected chi connectivity index (χ2v) is 7.77. The third kappa shape index (κ3) is 3.92. The molecule has 7 heteroatoms. The van der Waals surface area contributed by atoms with Crippen molar-refractivity contribution in [3.8, 4) is 11.3 Å². The Hall–Kier alpha value is -3.58. The molecule has 6 nitrogen and oxygen atoms in total. The number of aromatic carboxylic acids is 1. The Kier molecular flexibility index (Phi) is 5.29. The molecular formula is C23H17NO5S. The van der Waals surface area contributed by atoms with Crippen LogP contribution in [-0.4, -0.2) is 27.1 Å². The Morgan fingerprint density at radius 1 is 1.07 bits per heavy atom. The number of nitrogens with zero attached hydrogens (tertiary/aromatic N) is 1. The lowest BCUT2D eigenvalue weighted by molar-refractivity contribution is -0.123. The van der Waals surface area contributed by atoms with Crippen molar-refractivity contribution < 1.29 is 23.9 Å².